The van der Waals surface area contributed by atoms with Crippen molar-refractivity contribution in [2.75, 3.05) is 12.3 Å². The predicted octanol–water partition coefficient (Wildman–Crippen LogP) is 5.16. The molecule has 0 heterocycles. The second kappa shape index (κ2) is 12.7. The van der Waals surface area contributed by atoms with E-state index < -0.39 is 6.04 Å². The van der Waals surface area contributed by atoms with Gasteiger partial charge in [0.05, 0.1) is 5.75 Å². The Labute approximate surface area is 190 Å². The Morgan fingerprint density at radius 3 is 2.53 bits per heavy atom. The van der Waals surface area contributed by atoms with Crippen LogP contribution in [0.15, 0.2) is 53.0 Å². The van der Waals surface area contributed by atoms with E-state index in [1.54, 1.807) is 25.1 Å². The number of rotatable bonds is 11. The maximum atomic E-state index is 14.2. The van der Waals surface area contributed by atoms with Gasteiger partial charge in [-0.15, -0.1) is 11.8 Å². The largest absolute Gasteiger partial charge is 0.354 e. The van der Waals surface area contributed by atoms with E-state index in [1.165, 1.54) is 22.7 Å². The summed E-state index contributed by atoms with van der Waals surface area (Å²) in [4.78, 5) is 27.0. The average Bonchev–Trinajstić information content (AvgIpc) is 2.74. The second-order valence-corrected chi connectivity index (χ2v) is 8.95. The molecule has 0 radical (unpaired) electrons. The molecule has 0 saturated carbocycles. The summed E-state index contributed by atoms with van der Waals surface area (Å²) in [6.07, 6.45) is 1.85. The number of carbonyl (C=O) groups is 2. The van der Waals surface area contributed by atoms with Crippen LogP contribution in [-0.4, -0.2) is 35.1 Å². The van der Waals surface area contributed by atoms with E-state index >= 15 is 0 Å². The summed E-state index contributed by atoms with van der Waals surface area (Å²) in [5.74, 6) is 0.127. The van der Waals surface area contributed by atoms with E-state index in [0.717, 1.165) is 22.9 Å². The molecular formula is C23H28BrFN2O2S. The lowest BCUT2D eigenvalue weighted by Crippen LogP contribution is -2.48. The minimum Gasteiger partial charge on any atom is -0.354 e. The molecule has 2 rings (SSSR count). The van der Waals surface area contributed by atoms with Gasteiger partial charge in [-0.1, -0.05) is 59.6 Å². The van der Waals surface area contributed by atoms with Crippen molar-refractivity contribution in [1.82, 2.24) is 10.2 Å². The molecule has 0 unspecified atom stereocenters. The Morgan fingerprint density at radius 1 is 1.17 bits per heavy atom. The van der Waals surface area contributed by atoms with Crippen LogP contribution in [0.4, 0.5) is 4.39 Å². The minimum absolute atomic E-state index is 0.0622. The standard InChI is InChI=1S/C23H28BrFN2O2S/c1-3-4-13-26-23(29)17(2)27(14-19-7-5-6-8-21(19)25)22(28)16-30-15-18-9-11-20(24)12-10-18/h5-12,17H,3-4,13-16H2,1-2H3,(H,26,29)/t17-/m1/s1. The topological polar surface area (TPSA) is 49.4 Å². The van der Waals surface area contributed by atoms with Gasteiger partial charge in [0.2, 0.25) is 11.8 Å². The molecule has 0 aliphatic carbocycles. The van der Waals surface area contributed by atoms with Crippen LogP contribution in [0.2, 0.25) is 0 Å². The normalized spacial score (nSPS) is 11.7. The number of unbranched alkanes of at least 4 members (excludes halogenated alkanes) is 1. The molecule has 1 N–H and O–H groups in total. The number of hydrogen-bond acceptors (Lipinski definition) is 3. The highest BCUT2D eigenvalue weighted by Gasteiger charge is 2.26. The summed E-state index contributed by atoms with van der Waals surface area (Å²) in [6.45, 7) is 4.37. The van der Waals surface area contributed by atoms with Gasteiger partial charge in [0, 0.05) is 28.9 Å². The van der Waals surface area contributed by atoms with E-state index in [-0.39, 0.29) is 29.9 Å². The lowest BCUT2D eigenvalue weighted by molar-refractivity contribution is -0.138. The van der Waals surface area contributed by atoms with E-state index in [1.807, 2.05) is 31.2 Å². The van der Waals surface area contributed by atoms with Gasteiger partial charge in [-0.3, -0.25) is 9.59 Å². The number of hydrogen-bond donors (Lipinski definition) is 1. The van der Waals surface area contributed by atoms with E-state index in [2.05, 4.69) is 21.2 Å². The fourth-order valence-electron chi connectivity index (χ4n) is 2.85. The van der Waals surface area contributed by atoms with Crippen molar-refractivity contribution >= 4 is 39.5 Å². The fraction of sp³-hybridized carbons (Fsp3) is 0.391. The van der Waals surface area contributed by atoms with Crippen molar-refractivity contribution in [3.05, 3.63) is 69.9 Å². The average molecular weight is 495 g/mol. The van der Waals surface area contributed by atoms with Crippen LogP contribution in [0.3, 0.4) is 0 Å². The van der Waals surface area contributed by atoms with Gasteiger partial charge in [0.1, 0.15) is 11.9 Å². The molecular weight excluding hydrogens is 467 g/mol. The predicted molar refractivity (Wildman–Crippen MR) is 125 cm³/mol. The molecule has 0 aliphatic rings. The molecule has 0 fully saturated rings. The van der Waals surface area contributed by atoms with Crippen molar-refractivity contribution < 1.29 is 14.0 Å². The zero-order valence-electron chi connectivity index (χ0n) is 17.4. The number of carbonyl (C=O) groups excluding carboxylic acids is 2. The highest BCUT2D eigenvalue weighted by Crippen LogP contribution is 2.18. The highest BCUT2D eigenvalue weighted by molar-refractivity contribution is 9.10. The number of amides is 2. The quantitative estimate of drug-likeness (QED) is 0.439. The summed E-state index contributed by atoms with van der Waals surface area (Å²) in [6, 6.07) is 13.6. The number of nitrogens with one attached hydrogen (secondary N) is 1. The minimum atomic E-state index is -0.678. The zero-order chi connectivity index (χ0) is 21.9. The van der Waals surface area contributed by atoms with E-state index in [0.29, 0.717) is 17.9 Å². The molecule has 4 nitrogen and oxygen atoms in total. The van der Waals surface area contributed by atoms with Crippen molar-refractivity contribution in [2.45, 2.75) is 45.0 Å². The molecule has 2 aromatic carbocycles. The molecule has 0 bridgehead atoms. The number of nitrogens with zero attached hydrogens (tertiary/aromatic N) is 1. The molecule has 0 spiro atoms. The molecule has 162 valence electrons. The molecule has 2 aromatic rings. The SMILES string of the molecule is CCCCNC(=O)[C@@H](C)N(Cc1ccccc1F)C(=O)CSCc1ccc(Br)cc1. The van der Waals surface area contributed by atoms with Crippen molar-refractivity contribution in [2.24, 2.45) is 0 Å². The van der Waals surface area contributed by atoms with Crippen molar-refractivity contribution in [1.29, 1.82) is 0 Å². The Kier molecular flexibility index (Phi) is 10.4. The molecule has 1 atom stereocenters. The number of halogens is 2. The van der Waals surface area contributed by atoms with Gasteiger partial charge in [-0.2, -0.15) is 0 Å². The van der Waals surface area contributed by atoms with Gasteiger partial charge in [0.25, 0.3) is 0 Å². The molecule has 7 heteroatoms. The third-order valence-corrected chi connectivity index (χ3v) is 6.22. The third-order valence-electron chi connectivity index (χ3n) is 4.70. The van der Waals surface area contributed by atoms with Crippen LogP contribution in [0.1, 0.15) is 37.8 Å². The first-order chi connectivity index (χ1) is 14.4. The molecule has 30 heavy (non-hydrogen) atoms. The Balaban J connectivity index is 2.04. The first-order valence-corrected chi connectivity index (χ1v) is 12.0. The van der Waals surface area contributed by atoms with Crippen LogP contribution >= 0.6 is 27.7 Å². The molecule has 0 saturated heterocycles. The van der Waals surface area contributed by atoms with Crippen LogP contribution in [0, 0.1) is 5.82 Å². The monoisotopic (exact) mass is 494 g/mol. The lowest BCUT2D eigenvalue weighted by atomic mass is 10.1. The summed E-state index contributed by atoms with van der Waals surface area (Å²) in [5, 5.41) is 2.87. The van der Waals surface area contributed by atoms with Gasteiger partial charge < -0.3 is 10.2 Å². The number of thioether (sulfide) groups is 1. The smallest absolute Gasteiger partial charge is 0.242 e. The van der Waals surface area contributed by atoms with Gasteiger partial charge in [0.15, 0.2) is 0 Å². The van der Waals surface area contributed by atoms with Crippen molar-refractivity contribution in [3.8, 4) is 0 Å². The molecule has 2 amide bonds. The summed E-state index contributed by atoms with van der Waals surface area (Å²) >= 11 is 4.89. The lowest BCUT2D eigenvalue weighted by Gasteiger charge is -2.29. The van der Waals surface area contributed by atoms with Crippen molar-refractivity contribution in [3.63, 3.8) is 0 Å². The van der Waals surface area contributed by atoms with Crippen LogP contribution in [0.5, 0.6) is 0 Å². The maximum absolute atomic E-state index is 14.2. The van der Waals surface area contributed by atoms with Crippen LogP contribution < -0.4 is 5.32 Å². The molecule has 0 aliphatic heterocycles. The first kappa shape index (κ1) is 24.4. The van der Waals surface area contributed by atoms with Gasteiger partial charge in [-0.25, -0.2) is 4.39 Å². The third kappa shape index (κ3) is 7.76. The Hall–Kier alpha value is -1.86. The number of benzene rings is 2. The second-order valence-electron chi connectivity index (χ2n) is 7.05. The van der Waals surface area contributed by atoms with Gasteiger partial charge in [-0.05, 0) is 37.1 Å². The maximum Gasteiger partial charge on any atom is 0.242 e. The molecule has 0 aromatic heterocycles. The van der Waals surface area contributed by atoms with Gasteiger partial charge >= 0.3 is 0 Å². The Bertz CT molecular complexity index is 832. The van der Waals surface area contributed by atoms with Crippen LogP contribution in [0.25, 0.3) is 0 Å². The van der Waals surface area contributed by atoms with E-state index in [4.69, 9.17) is 0 Å². The fourth-order valence-corrected chi connectivity index (χ4v) is 3.98. The summed E-state index contributed by atoms with van der Waals surface area (Å²) in [5.41, 5.74) is 1.51. The first-order valence-electron chi connectivity index (χ1n) is 10.0. The van der Waals surface area contributed by atoms with E-state index in [9.17, 15) is 14.0 Å². The Morgan fingerprint density at radius 2 is 1.87 bits per heavy atom. The summed E-state index contributed by atoms with van der Waals surface area (Å²) in [7, 11) is 0. The summed E-state index contributed by atoms with van der Waals surface area (Å²) < 4.78 is 15.2. The highest BCUT2D eigenvalue weighted by atomic mass is 79.9. The zero-order valence-corrected chi connectivity index (χ0v) is 19.8. The van der Waals surface area contributed by atoms with Crippen LogP contribution in [-0.2, 0) is 21.9 Å².